The van der Waals surface area contributed by atoms with Gasteiger partial charge in [-0.05, 0) is 37.3 Å². The number of aromatic nitrogens is 1. The van der Waals surface area contributed by atoms with E-state index in [1.807, 2.05) is 49.4 Å². The summed E-state index contributed by atoms with van der Waals surface area (Å²) in [7, 11) is 0. The van der Waals surface area contributed by atoms with Gasteiger partial charge in [0.15, 0.2) is 12.0 Å². The Morgan fingerprint density at radius 2 is 1.92 bits per heavy atom. The summed E-state index contributed by atoms with van der Waals surface area (Å²) in [5.41, 5.74) is 2.47. The quantitative estimate of drug-likeness (QED) is 0.467. The Kier molecular flexibility index (Phi) is 4.27. The highest BCUT2D eigenvalue weighted by atomic mass is 16.5. The molecule has 0 aliphatic rings. The minimum Gasteiger partial charge on any atom is -0.493 e. The molecule has 0 atom stereocenters. The van der Waals surface area contributed by atoms with Crippen molar-refractivity contribution in [1.82, 2.24) is 4.98 Å². The summed E-state index contributed by atoms with van der Waals surface area (Å²) in [6.45, 7) is 2.37. The number of benzene rings is 2. The maximum absolute atomic E-state index is 10.8. The van der Waals surface area contributed by atoms with Crippen LogP contribution in [0, 0.1) is 6.92 Å². The molecule has 0 amide bonds. The monoisotopic (exact) mass is 347 g/mol. The fraction of sp³-hybridized carbons (Fsp3) is 0.143. The first kappa shape index (κ1) is 16.1. The van der Waals surface area contributed by atoms with Crippen molar-refractivity contribution in [2.24, 2.45) is 0 Å². The highest BCUT2D eigenvalue weighted by molar-refractivity contribution is 5.85. The van der Waals surface area contributed by atoms with Crippen molar-refractivity contribution >= 4 is 17.3 Å². The molecule has 0 radical (unpaired) electrons. The third kappa shape index (κ3) is 3.24. The lowest BCUT2D eigenvalue weighted by molar-refractivity contribution is 0.110. The number of carbonyl (C=O) groups is 1. The molecule has 0 aliphatic carbocycles. The van der Waals surface area contributed by atoms with Crippen molar-refractivity contribution < 1.29 is 18.4 Å². The SMILES string of the molecule is Cc1oc(-c2ccccc2)nc1CCOc1ccc2cc(C=O)oc2c1. The summed E-state index contributed by atoms with van der Waals surface area (Å²) >= 11 is 0. The molecule has 0 unspecified atom stereocenters. The standard InChI is InChI=1S/C21H17NO4/c1-14-19(22-21(25-14)15-5-3-2-4-6-15)9-10-24-17-8-7-16-11-18(13-23)26-20(16)12-17/h2-8,11-13H,9-10H2,1H3. The van der Waals surface area contributed by atoms with Gasteiger partial charge in [-0.1, -0.05) is 18.2 Å². The summed E-state index contributed by atoms with van der Waals surface area (Å²) in [5, 5.41) is 0.874. The number of aryl methyl sites for hydroxylation is 1. The van der Waals surface area contributed by atoms with Gasteiger partial charge in [0.2, 0.25) is 5.89 Å². The molecule has 0 spiro atoms. The molecule has 0 saturated carbocycles. The van der Waals surface area contributed by atoms with E-state index in [0.717, 1.165) is 22.4 Å². The Morgan fingerprint density at radius 3 is 2.73 bits per heavy atom. The molecule has 26 heavy (non-hydrogen) atoms. The van der Waals surface area contributed by atoms with Crippen molar-refractivity contribution in [2.45, 2.75) is 13.3 Å². The third-order valence-electron chi connectivity index (χ3n) is 4.15. The number of carbonyl (C=O) groups excluding carboxylic acids is 1. The third-order valence-corrected chi connectivity index (χ3v) is 4.15. The number of oxazole rings is 1. The molecule has 4 rings (SSSR count). The van der Waals surface area contributed by atoms with Gasteiger partial charge < -0.3 is 13.6 Å². The van der Waals surface area contributed by atoms with E-state index in [1.54, 1.807) is 12.1 Å². The summed E-state index contributed by atoms with van der Waals surface area (Å²) in [5.74, 6) is 2.42. The Hall–Kier alpha value is -3.34. The Morgan fingerprint density at radius 1 is 1.08 bits per heavy atom. The lowest BCUT2D eigenvalue weighted by atomic mass is 10.2. The number of hydrogen-bond acceptors (Lipinski definition) is 5. The molecule has 0 fully saturated rings. The first-order valence-electron chi connectivity index (χ1n) is 8.36. The second-order valence-corrected chi connectivity index (χ2v) is 5.95. The van der Waals surface area contributed by atoms with Crippen molar-refractivity contribution in [2.75, 3.05) is 6.61 Å². The molecule has 5 nitrogen and oxygen atoms in total. The largest absolute Gasteiger partial charge is 0.493 e. The van der Waals surface area contributed by atoms with Crippen LogP contribution in [-0.4, -0.2) is 17.9 Å². The molecular formula is C21H17NO4. The van der Waals surface area contributed by atoms with Crippen LogP contribution in [0.5, 0.6) is 5.75 Å². The zero-order chi connectivity index (χ0) is 17.9. The van der Waals surface area contributed by atoms with Crippen LogP contribution in [0.3, 0.4) is 0 Å². The lowest BCUT2D eigenvalue weighted by Gasteiger charge is -2.04. The zero-order valence-corrected chi connectivity index (χ0v) is 14.3. The van der Waals surface area contributed by atoms with Crippen molar-refractivity contribution in [1.29, 1.82) is 0 Å². The molecule has 130 valence electrons. The second kappa shape index (κ2) is 6.88. The lowest BCUT2D eigenvalue weighted by Crippen LogP contribution is -2.02. The first-order chi connectivity index (χ1) is 12.7. The van der Waals surface area contributed by atoms with E-state index >= 15 is 0 Å². The van der Waals surface area contributed by atoms with Gasteiger partial charge in [0.1, 0.15) is 17.1 Å². The smallest absolute Gasteiger partial charge is 0.226 e. The molecule has 0 bridgehead atoms. The molecule has 0 N–H and O–H groups in total. The average molecular weight is 347 g/mol. The Balaban J connectivity index is 1.43. The molecule has 5 heteroatoms. The summed E-state index contributed by atoms with van der Waals surface area (Å²) in [4.78, 5) is 15.4. The van der Waals surface area contributed by atoms with Crippen molar-refractivity contribution in [3.05, 3.63) is 71.8 Å². The molecule has 2 aromatic heterocycles. The van der Waals surface area contributed by atoms with E-state index < -0.39 is 0 Å². The summed E-state index contributed by atoms with van der Waals surface area (Å²) in [6, 6.07) is 17.0. The van der Waals surface area contributed by atoms with Crippen LogP contribution in [-0.2, 0) is 6.42 Å². The van der Waals surface area contributed by atoms with Gasteiger partial charge in [-0.15, -0.1) is 0 Å². The number of fused-ring (bicyclic) bond motifs is 1. The molecule has 2 heterocycles. The number of rotatable bonds is 6. The predicted octanol–water partition coefficient (Wildman–Crippen LogP) is 4.83. The van der Waals surface area contributed by atoms with Gasteiger partial charge in [-0.3, -0.25) is 4.79 Å². The summed E-state index contributed by atoms with van der Waals surface area (Å²) < 4.78 is 17.0. The second-order valence-electron chi connectivity index (χ2n) is 5.95. The van der Waals surface area contributed by atoms with Gasteiger partial charge in [0.05, 0.1) is 12.3 Å². The molecule has 2 aromatic carbocycles. The van der Waals surface area contributed by atoms with Gasteiger partial charge in [-0.25, -0.2) is 4.98 Å². The maximum atomic E-state index is 10.8. The first-order valence-corrected chi connectivity index (χ1v) is 8.36. The number of aldehydes is 1. The number of nitrogens with zero attached hydrogens (tertiary/aromatic N) is 1. The fourth-order valence-corrected chi connectivity index (χ4v) is 2.81. The van der Waals surface area contributed by atoms with Crippen molar-refractivity contribution in [3.8, 4) is 17.2 Å². The van der Waals surface area contributed by atoms with Crippen LogP contribution in [0.4, 0.5) is 0 Å². The molecule has 0 aliphatic heterocycles. The van der Waals surface area contributed by atoms with Crippen molar-refractivity contribution in [3.63, 3.8) is 0 Å². The molecular weight excluding hydrogens is 330 g/mol. The van der Waals surface area contributed by atoms with Crippen LogP contribution >= 0.6 is 0 Å². The fourth-order valence-electron chi connectivity index (χ4n) is 2.81. The topological polar surface area (TPSA) is 65.5 Å². The van der Waals surface area contributed by atoms with Crippen LogP contribution in [0.1, 0.15) is 22.0 Å². The Labute approximate surface area is 150 Å². The van der Waals surface area contributed by atoms with Crippen LogP contribution in [0.15, 0.2) is 63.4 Å². The van der Waals surface area contributed by atoms with Gasteiger partial charge in [0.25, 0.3) is 0 Å². The van der Waals surface area contributed by atoms with E-state index in [-0.39, 0.29) is 0 Å². The van der Waals surface area contributed by atoms with E-state index in [1.165, 1.54) is 0 Å². The number of hydrogen-bond donors (Lipinski definition) is 0. The number of ether oxygens (including phenoxy) is 1. The Bertz CT molecular complexity index is 1050. The van der Waals surface area contributed by atoms with Crippen LogP contribution in [0.25, 0.3) is 22.4 Å². The van der Waals surface area contributed by atoms with Crippen LogP contribution in [0.2, 0.25) is 0 Å². The number of furan rings is 1. The molecule has 0 saturated heterocycles. The minimum atomic E-state index is 0.309. The van der Waals surface area contributed by atoms with Gasteiger partial charge in [0, 0.05) is 23.4 Å². The highest BCUT2D eigenvalue weighted by Crippen LogP contribution is 2.25. The van der Waals surface area contributed by atoms with E-state index in [4.69, 9.17) is 13.6 Å². The van der Waals surface area contributed by atoms with E-state index in [2.05, 4.69) is 4.98 Å². The van der Waals surface area contributed by atoms with Gasteiger partial charge >= 0.3 is 0 Å². The van der Waals surface area contributed by atoms with E-state index in [0.29, 0.717) is 42.3 Å². The minimum absolute atomic E-state index is 0.309. The average Bonchev–Trinajstić information content (AvgIpc) is 3.25. The normalized spacial score (nSPS) is 11.0. The predicted molar refractivity (Wildman–Crippen MR) is 97.5 cm³/mol. The maximum Gasteiger partial charge on any atom is 0.226 e. The highest BCUT2D eigenvalue weighted by Gasteiger charge is 2.11. The van der Waals surface area contributed by atoms with Gasteiger partial charge in [-0.2, -0.15) is 0 Å². The van der Waals surface area contributed by atoms with Crippen LogP contribution < -0.4 is 4.74 Å². The van der Waals surface area contributed by atoms with E-state index in [9.17, 15) is 4.79 Å². The molecule has 4 aromatic rings. The zero-order valence-electron chi connectivity index (χ0n) is 14.3. The summed E-state index contributed by atoms with van der Waals surface area (Å²) in [6.07, 6.45) is 1.33.